The monoisotopic (exact) mass is 316 g/mol. The summed E-state index contributed by atoms with van der Waals surface area (Å²) in [4.78, 5) is 12.1. The molecule has 1 atom stereocenters. The smallest absolute Gasteiger partial charge is 0.249 e. The first-order valence-electron chi connectivity index (χ1n) is 7.79. The maximum absolute atomic E-state index is 12.1. The van der Waals surface area contributed by atoms with E-state index >= 15 is 0 Å². The highest BCUT2D eigenvalue weighted by Gasteiger charge is 2.45. The van der Waals surface area contributed by atoms with Gasteiger partial charge in [-0.25, -0.2) is 12.7 Å². The molecule has 0 radical (unpaired) electrons. The van der Waals surface area contributed by atoms with Crippen LogP contribution in [0.25, 0.3) is 0 Å². The summed E-state index contributed by atoms with van der Waals surface area (Å²) in [5, 5.41) is 2.97. The van der Waals surface area contributed by atoms with E-state index in [9.17, 15) is 13.2 Å². The zero-order valence-corrected chi connectivity index (χ0v) is 13.3. The van der Waals surface area contributed by atoms with Crippen molar-refractivity contribution < 1.29 is 17.9 Å². The van der Waals surface area contributed by atoms with Gasteiger partial charge >= 0.3 is 0 Å². The van der Waals surface area contributed by atoms with Crippen LogP contribution < -0.4 is 5.32 Å². The molecule has 120 valence electrons. The first-order chi connectivity index (χ1) is 9.88. The van der Waals surface area contributed by atoms with Crippen LogP contribution in [0.3, 0.4) is 0 Å². The molecular formula is C14H24N2O4S. The molecule has 0 aromatic carbocycles. The van der Waals surface area contributed by atoms with Crippen LogP contribution in [-0.2, 0) is 19.6 Å². The third-order valence-corrected chi connectivity index (χ3v) is 6.21. The molecule has 1 spiro atoms. The average Bonchev–Trinajstić information content (AvgIpc) is 3.17. The Bertz CT molecular complexity index is 507. The summed E-state index contributed by atoms with van der Waals surface area (Å²) >= 11 is 0. The lowest BCUT2D eigenvalue weighted by Gasteiger charge is -2.37. The van der Waals surface area contributed by atoms with Crippen LogP contribution >= 0.6 is 0 Å². The molecule has 0 unspecified atom stereocenters. The average molecular weight is 316 g/mol. The van der Waals surface area contributed by atoms with Crippen LogP contribution in [0.2, 0.25) is 0 Å². The predicted molar refractivity (Wildman–Crippen MR) is 78.2 cm³/mol. The minimum absolute atomic E-state index is 0.00400. The summed E-state index contributed by atoms with van der Waals surface area (Å²) in [5.74, 6) is 0.673. The number of sulfonamides is 1. The molecule has 7 heteroatoms. The van der Waals surface area contributed by atoms with Crippen molar-refractivity contribution in [1.29, 1.82) is 0 Å². The second kappa shape index (κ2) is 5.52. The van der Waals surface area contributed by atoms with Crippen LogP contribution in [0.15, 0.2) is 0 Å². The molecule has 3 rings (SSSR count). The van der Waals surface area contributed by atoms with E-state index in [1.54, 1.807) is 0 Å². The quantitative estimate of drug-likeness (QED) is 0.819. The number of carbonyl (C=O) groups excluding carboxylic acids is 1. The molecule has 21 heavy (non-hydrogen) atoms. The van der Waals surface area contributed by atoms with Gasteiger partial charge in [-0.2, -0.15) is 0 Å². The molecule has 2 aliphatic heterocycles. The van der Waals surface area contributed by atoms with Crippen molar-refractivity contribution in [3.05, 3.63) is 0 Å². The summed E-state index contributed by atoms with van der Waals surface area (Å²) in [6.07, 6.45) is 6.30. The van der Waals surface area contributed by atoms with E-state index < -0.39 is 10.0 Å². The lowest BCUT2D eigenvalue weighted by molar-refractivity contribution is -0.139. The maximum Gasteiger partial charge on any atom is 0.249 e. The van der Waals surface area contributed by atoms with Gasteiger partial charge < -0.3 is 10.1 Å². The zero-order valence-electron chi connectivity index (χ0n) is 12.5. The summed E-state index contributed by atoms with van der Waals surface area (Å²) < 4.78 is 30.6. The van der Waals surface area contributed by atoms with Gasteiger partial charge in [-0.15, -0.1) is 0 Å². The molecule has 1 saturated carbocycles. The van der Waals surface area contributed by atoms with Crippen LogP contribution in [-0.4, -0.2) is 56.2 Å². The van der Waals surface area contributed by atoms with Crippen molar-refractivity contribution >= 4 is 15.9 Å². The molecule has 2 saturated heterocycles. The Morgan fingerprint density at radius 2 is 1.90 bits per heavy atom. The molecule has 0 aromatic heterocycles. The third-order valence-electron chi connectivity index (χ3n) is 4.91. The van der Waals surface area contributed by atoms with E-state index in [4.69, 9.17) is 4.74 Å². The number of ether oxygens (including phenoxy) is 1. The number of hydrogen-bond donors (Lipinski definition) is 1. The maximum atomic E-state index is 12.1. The predicted octanol–water partition coefficient (Wildman–Crippen LogP) is 0.486. The van der Waals surface area contributed by atoms with E-state index in [-0.39, 0.29) is 17.6 Å². The van der Waals surface area contributed by atoms with E-state index in [1.807, 2.05) is 0 Å². The molecule has 0 aromatic rings. The summed E-state index contributed by atoms with van der Waals surface area (Å²) in [7, 11) is -3.11. The Kier molecular flexibility index (Phi) is 4.00. The van der Waals surface area contributed by atoms with Gasteiger partial charge in [-0.1, -0.05) is 0 Å². The van der Waals surface area contributed by atoms with Crippen LogP contribution in [0, 0.1) is 5.92 Å². The minimum Gasteiger partial charge on any atom is -0.362 e. The molecule has 0 bridgehead atoms. The Balaban J connectivity index is 1.51. The van der Waals surface area contributed by atoms with Crippen molar-refractivity contribution in [1.82, 2.24) is 9.62 Å². The van der Waals surface area contributed by atoms with Gasteiger partial charge in [-0.05, 0) is 44.4 Å². The fourth-order valence-corrected chi connectivity index (χ4v) is 4.12. The van der Waals surface area contributed by atoms with Gasteiger partial charge in [0.2, 0.25) is 15.9 Å². The van der Waals surface area contributed by atoms with Crippen LogP contribution in [0.4, 0.5) is 0 Å². The first kappa shape index (κ1) is 15.2. The number of hydrogen-bond acceptors (Lipinski definition) is 4. The summed E-state index contributed by atoms with van der Waals surface area (Å²) in [5.41, 5.74) is -0.289. The van der Waals surface area contributed by atoms with Crippen LogP contribution in [0.1, 0.15) is 38.5 Å². The van der Waals surface area contributed by atoms with Crippen molar-refractivity contribution in [2.75, 3.05) is 25.9 Å². The number of nitrogens with zero attached hydrogens (tertiary/aromatic N) is 1. The fraction of sp³-hybridized carbons (Fsp3) is 0.929. The largest absolute Gasteiger partial charge is 0.362 e. The molecule has 3 aliphatic rings. The van der Waals surface area contributed by atoms with Gasteiger partial charge in [0.25, 0.3) is 0 Å². The SMILES string of the molecule is CS(=O)(=O)N1CCC2(CC[C@@H](C(=O)NCC3CC3)O2)CC1. The molecule has 1 aliphatic carbocycles. The number of amides is 1. The lowest BCUT2D eigenvalue weighted by atomic mass is 9.89. The standard InChI is InChI=1S/C14H24N2O4S/c1-21(18,19)16-8-6-14(7-9-16)5-4-12(20-14)13(17)15-10-11-2-3-11/h11-12H,2-10H2,1H3,(H,15,17)/t12-/m0/s1. The Hall–Kier alpha value is -0.660. The van der Waals surface area contributed by atoms with Gasteiger partial charge in [0.05, 0.1) is 11.9 Å². The number of carbonyl (C=O) groups is 1. The Morgan fingerprint density at radius 3 is 2.48 bits per heavy atom. The van der Waals surface area contributed by atoms with E-state index in [2.05, 4.69) is 5.32 Å². The Labute approximate surface area is 126 Å². The molecule has 3 fully saturated rings. The minimum atomic E-state index is -3.11. The van der Waals surface area contributed by atoms with Gasteiger partial charge in [0.15, 0.2) is 0 Å². The second-order valence-corrected chi connectivity index (χ2v) is 8.66. The normalized spacial score (nSPS) is 29.7. The van der Waals surface area contributed by atoms with Gasteiger partial charge in [-0.3, -0.25) is 4.79 Å². The Morgan fingerprint density at radius 1 is 1.24 bits per heavy atom. The summed E-state index contributed by atoms with van der Waals surface area (Å²) in [6.45, 7) is 1.76. The molecule has 2 heterocycles. The fourth-order valence-electron chi connectivity index (χ4n) is 3.27. The van der Waals surface area contributed by atoms with E-state index in [0.717, 1.165) is 19.4 Å². The highest BCUT2D eigenvalue weighted by atomic mass is 32.2. The molecular weight excluding hydrogens is 292 g/mol. The number of piperidine rings is 1. The van der Waals surface area contributed by atoms with Gasteiger partial charge in [0.1, 0.15) is 6.10 Å². The van der Waals surface area contributed by atoms with Gasteiger partial charge in [0, 0.05) is 19.6 Å². The molecule has 1 N–H and O–H groups in total. The van der Waals surface area contributed by atoms with Crippen molar-refractivity contribution in [2.24, 2.45) is 5.92 Å². The molecule has 6 nitrogen and oxygen atoms in total. The highest BCUT2D eigenvalue weighted by Crippen LogP contribution is 2.39. The first-order valence-corrected chi connectivity index (χ1v) is 9.63. The lowest BCUT2D eigenvalue weighted by Crippen LogP contribution is -2.47. The third kappa shape index (κ3) is 3.57. The number of rotatable bonds is 4. The van der Waals surface area contributed by atoms with E-state index in [0.29, 0.717) is 31.8 Å². The summed E-state index contributed by atoms with van der Waals surface area (Å²) in [6, 6.07) is 0. The number of nitrogens with one attached hydrogen (secondary N) is 1. The topological polar surface area (TPSA) is 75.7 Å². The zero-order chi connectivity index (χ0) is 15.1. The van der Waals surface area contributed by atoms with Crippen molar-refractivity contribution in [2.45, 2.75) is 50.2 Å². The highest BCUT2D eigenvalue weighted by molar-refractivity contribution is 7.88. The second-order valence-electron chi connectivity index (χ2n) is 6.68. The van der Waals surface area contributed by atoms with Crippen LogP contribution in [0.5, 0.6) is 0 Å². The molecule has 1 amide bonds. The van der Waals surface area contributed by atoms with Crippen molar-refractivity contribution in [3.8, 4) is 0 Å². The van der Waals surface area contributed by atoms with Crippen molar-refractivity contribution in [3.63, 3.8) is 0 Å². The van der Waals surface area contributed by atoms with E-state index in [1.165, 1.54) is 23.4 Å².